The smallest absolute Gasteiger partial charge is 0.344 e. The average molecular weight is 426 g/mol. The minimum atomic E-state index is -0.644. The van der Waals surface area contributed by atoms with Crippen molar-refractivity contribution in [1.82, 2.24) is 0 Å². The third-order valence-corrected chi connectivity index (χ3v) is 4.10. The van der Waals surface area contributed by atoms with Crippen LogP contribution in [0.4, 0.5) is 5.69 Å². The normalized spacial score (nSPS) is 9.77. The largest absolute Gasteiger partial charge is 1.00 e. The molecule has 3 aromatic rings. The van der Waals surface area contributed by atoms with Gasteiger partial charge < -0.3 is 21.9 Å². The van der Waals surface area contributed by atoms with E-state index in [0.717, 1.165) is 0 Å². The first-order valence-corrected chi connectivity index (χ1v) is 8.73. The van der Waals surface area contributed by atoms with Gasteiger partial charge in [-0.15, -0.1) is 0 Å². The maximum absolute atomic E-state index is 13.0. The lowest BCUT2D eigenvalue weighted by Crippen LogP contribution is -3.00. The van der Waals surface area contributed by atoms with Gasteiger partial charge in [-0.3, -0.25) is 16.3 Å². The predicted molar refractivity (Wildman–Crippen MR) is 108 cm³/mol. The Bertz CT molecular complexity index is 1080. The molecule has 0 saturated heterocycles. The lowest BCUT2D eigenvalue weighted by molar-refractivity contribution is -0.356. The van der Waals surface area contributed by atoms with E-state index < -0.39 is 5.97 Å². The van der Waals surface area contributed by atoms with Crippen molar-refractivity contribution in [3.63, 3.8) is 0 Å². The highest BCUT2D eigenvalue weighted by molar-refractivity contribution is 6.15. The van der Waals surface area contributed by atoms with Crippen molar-refractivity contribution in [2.24, 2.45) is 11.5 Å². The molecule has 0 spiro atoms. The summed E-state index contributed by atoms with van der Waals surface area (Å²) in [6, 6.07) is 19.8. The van der Waals surface area contributed by atoms with Gasteiger partial charge in [-0.05, 0) is 42.5 Å². The van der Waals surface area contributed by atoms with Crippen molar-refractivity contribution in [2.45, 2.75) is 0 Å². The Morgan fingerprint density at radius 3 is 1.97 bits per heavy atom. The fraction of sp³-hybridized carbons (Fsp3) is 0.0455. The molecule has 8 heteroatoms. The second-order valence-electron chi connectivity index (χ2n) is 6.07. The number of hydrogen-bond donors (Lipinski definition) is 3. The summed E-state index contributed by atoms with van der Waals surface area (Å²) >= 11 is 0. The summed E-state index contributed by atoms with van der Waals surface area (Å²) in [6.07, 6.45) is 0. The number of carbonyl (C=O) groups is 2. The van der Waals surface area contributed by atoms with Crippen LogP contribution < -0.4 is 38.3 Å². The third-order valence-electron chi connectivity index (χ3n) is 4.10. The molecular formula is C22H20ClN3O4. The zero-order valence-electron chi connectivity index (χ0n) is 16.1. The summed E-state index contributed by atoms with van der Waals surface area (Å²) in [5.41, 5.74) is 12.2. The topological polar surface area (TPSA) is 119 Å². The van der Waals surface area contributed by atoms with Gasteiger partial charge in [0.1, 0.15) is 11.5 Å². The Balaban J connectivity index is 0.00000320. The number of methoxy groups -OCH3 is 1. The molecule has 0 unspecified atom stereocenters. The highest BCUT2D eigenvalue weighted by Gasteiger charge is 2.21. The number of ether oxygens (including phenoxy) is 2. The standard InChI is InChI=1S/C22H19N3O4.ClH/c1-28-19-9-5-4-8-18(19)20(26)16-6-2-3-7-17(16)21(27)29-15-12-10-14(11-13-15)25-22(23)24;/h2-13H,1H3,(H4,23,24,25);1H. The zero-order chi connectivity index (χ0) is 20.8. The van der Waals surface area contributed by atoms with E-state index in [1.54, 1.807) is 72.8 Å². The first-order chi connectivity index (χ1) is 14.0. The highest BCUT2D eigenvalue weighted by atomic mass is 35.5. The van der Waals surface area contributed by atoms with E-state index in [2.05, 4.69) is 4.99 Å². The highest BCUT2D eigenvalue weighted by Crippen LogP contribution is 2.24. The number of benzene rings is 3. The van der Waals surface area contributed by atoms with Crippen molar-refractivity contribution in [1.29, 1.82) is 0 Å². The molecule has 0 heterocycles. The number of esters is 1. The Labute approximate surface area is 179 Å². The molecule has 0 aliphatic carbocycles. The molecule has 7 nitrogen and oxygen atoms in total. The molecule has 0 saturated carbocycles. The van der Waals surface area contributed by atoms with E-state index in [0.29, 0.717) is 22.7 Å². The Morgan fingerprint density at radius 1 is 0.800 bits per heavy atom. The van der Waals surface area contributed by atoms with Crippen LogP contribution in [0.2, 0.25) is 0 Å². The van der Waals surface area contributed by atoms with E-state index in [1.807, 2.05) is 0 Å². The molecule has 154 valence electrons. The number of nitrogens with two attached hydrogens (primary N) is 2. The van der Waals surface area contributed by atoms with Gasteiger partial charge in [-0.1, -0.05) is 30.3 Å². The average Bonchev–Trinajstić information content (AvgIpc) is 2.74. The van der Waals surface area contributed by atoms with Crippen LogP contribution >= 0.6 is 0 Å². The quantitative estimate of drug-likeness (QED) is 0.140. The number of hydrogen-bond acceptors (Lipinski definition) is 4. The second kappa shape index (κ2) is 10.1. The van der Waals surface area contributed by atoms with Crippen LogP contribution in [0.3, 0.4) is 0 Å². The molecule has 3 rings (SSSR count). The van der Waals surface area contributed by atoms with Crippen LogP contribution in [0.5, 0.6) is 11.5 Å². The Morgan fingerprint density at radius 2 is 1.37 bits per heavy atom. The molecule has 0 radical (unpaired) electrons. The number of carbonyl (C=O) groups excluding carboxylic acids is 2. The summed E-state index contributed by atoms with van der Waals surface area (Å²) in [7, 11) is 1.49. The van der Waals surface area contributed by atoms with Gasteiger partial charge in [-0.25, -0.2) is 9.79 Å². The van der Waals surface area contributed by atoms with Crippen molar-refractivity contribution in [2.75, 3.05) is 7.11 Å². The number of para-hydroxylation sites is 1. The van der Waals surface area contributed by atoms with E-state index in [-0.39, 0.29) is 35.3 Å². The summed E-state index contributed by atoms with van der Waals surface area (Å²) in [5, 5.41) is 0. The Hall–Kier alpha value is -3.84. The van der Waals surface area contributed by atoms with Crippen molar-refractivity contribution in [3.05, 3.63) is 89.5 Å². The number of halogens is 1. The molecular weight excluding hydrogens is 406 g/mol. The maximum Gasteiger partial charge on any atom is 0.344 e. The maximum atomic E-state index is 13.0. The van der Waals surface area contributed by atoms with Crippen LogP contribution in [-0.2, 0) is 0 Å². The third kappa shape index (κ3) is 5.15. The number of ketones is 1. The van der Waals surface area contributed by atoms with E-state index in [9.17, 15) is 9.59 Å². The van der Waals surface area contributed by atoms with Crippen molar-refractivity contribution >= 4 is 23.4 Å². The summed E-state index contributed by atoms with van der Waals surface area (Å²) in [5.74, 6) is -0.174. The van der Waals surface area contributed by atoms with Crippen LogP contribution in [0.25, 0.3) is 0 Å². The van der Waals surface area contributed by atoms with Gasteiger partial charge in [-0.2, -0.15) is 0 Å². The van der Waals surface area contributed by atoms with Crippen LogP contribution in [0.1, 0.15) is 26.3 Å². The van der Waals surface area contributed by atoms with Gasteiger partial charge in [0.2, 0.25) is 0 Å². The number of nitrogens with one attached hydrogen (secondary N) is 1. The fourth-order valence-corrected chi connectivity index (χ4v) is 2.77. The fourth-order valence-electron chi connectivity index (χ4n) is 2.77. The first kappa shape index (κ1) is 22.4. The monoisotopic (exact) mass is 425 g/mol. The van der Waals surface area contributed by atoms with Gasteiger partial charge in [0, 0.05) is 5.56 Å². The zero-order valence-corrected chi connectivity index (χ0v) is 16.8. The number of rotatable bonds is 6. The van der Waals surface area contributed by atoms with Gasteiger partial charge >= 0.3 is 11.9 Å². The van der Waals surface area contributed by atoms with E-state index >= 15 is 0 Å². The molecule has 0 amide bonds. The van der Waals surface area contributed by atoms with Crippen LogP contribution in [0.15, 0.2) is 72.8 Å². The molecule has 5 N–H and O–H groups in total. The molecule has 0 aliphatic rings. The molecule has 0 aromatic heterocycles. The predicted octanol–water partition coefficient (Wildman–Crippen LogP) is -1.87. The minimum absolute atomic E-state index is 0. The summed E-state index contributed by atoms with van der Waals surface area (Å²) < 4.78 is 10.7. The van der Waals surface area contributed by atoms with E-state index in [1.165, 1.54) is 7.11 Å². The molecule has 0 atom stereocenters. The SMILES string of the molecule is COc1ccccc1C(=O)c1ccccc1C(=O)Oc1ccc([NH+]=C(N)N)cc1.[Cl-]. The van der Waals surface area contributed by atoms with Crippen LogP contribution in [-0.4, -0.2) is 24.8 Å². The lowest BCUT2D eigenvalue weighted by Gasteiger charge is -2.11. The van der Waals surface area contributed by atoms with Crippen molar-refractivity contribution in [3.8, 4) is 11.5 Å². The molecule has 30 heavy (non-hydrogen) atoms. The Kier molecular flexibility index (Phi) is 7.55. The molecule has 0 fully saturated rings. The van der Waals surface area contributed by atoms with Gasteiger partial charge in [0.05, 0.1) is 23.9 Å². The lowest BCUT2D eigenvalue weighted by atomic mass is 9.98. The minimum Gasteiger partial charge on any atom is -1.00 e. The molecule has 3 aromatic carbocycles. The second-order valence-corrected chi connectivity index (χ2v) is 6.07. The summed E-state index contributed by atoms with van der Waals surface area (Å²) in [4.78, 5) is 28.5. The van der Waals surface area contributed by atoms with E-state index in [4.69, 9.17) is 20.9 Å². The van der Waals surface area contributed by atoms with Gasteiger partial charge in [0.15, 0.2) is 5.78 Å². The first-order valence-electron chi connectivity index (χ1n) is 8.73. The summed E-state index contributed by atoms with van der Waals surface area (Å²) in [6.45, 7) is 0. The molecule has 0 aliphatic heterocycles. The van der Waals surface area contributed by atoms with Crippen molar-refractivity contribution < 1.29 is 36.5 Å². The molecule has 0 bridgehead atoms. The van der Waals surface area contributed by atoms with Crippen LogP contribution in [0, 0.1) is 0 Å². The number of guanidine groups is 1. The van der Waals surface area contributed by atoms with Gasteiger partial charge in [0.25, 0.3) is 0 Å².